The van der Waals surface area contributed by atoms with Crippen molar-refractivity contribution in [3.8, 4) is 0 Å². The van der Waals surface area contributed by atoms with Gasteiger partial charge in [-0.25, -0.2) is 4.79 Å². The van der Waals surface area contributed by atoms with E-state index >= 15 is 0 Å². The SMILES string of the molecule is CCC(C)C(NC(=O)C(CCSC)NC(=O)C(N)CCC(N)=O)C(=O)NC(CO)C(=O)O. The summed E-state index contributed by atoms with van der Waals surface area (Å²) < 4.78 is 0. The van der Waals surface area contributed by atoms with Gasteiger partial charge in [0, 0.05) is 6.42 Å². The van der Waals surface area contributed by atoms with Crippen molar-refractivity contribution in [3.05, 3.63) is 0 Å². The second-order valence-electron chi connectivity index (χ2n) is 7.41. The fourth-order valence-corrected chi connectivity index (χ4v) is 3.09. The van der Waals surface area contributed by atoms with E-state index < -0.39 is 60.4 Å². The lowest BCUT2D eigenvalue weighted by Crippen LogP contribution is -2.59. The van der Waals surface area contributed by atoms with Crippen molar-refractivity contribution in [2.45, 2.75) is 63.7 Å². The first kappa shape index (κ1) is 29.6. The molecule has 184 valence electrons. The summed E-state index contributed by atoms with van der Waals surface area (Å²) in [5.41, 5.74) is 10.8. The molecule has 13 heteroatoms. The number of carboxylic acid groups (broad SMARTS) is 1. The second kappa shape index (κ2) is 15.4. The molecule has 0 fully saturated rings. The second-order valence-corrected chi connectivity index (χ2v) is 8.39. The van der Waals surface area contributed by atoms with Crippen LogP contribution >= 0.6 is 11.8 Å². The molecule has 0 aliphatic rings. The lowest BCUT2D eigenvalue weighted by Gasteiger charge is -2.27. The number of thioether (sulfide) groups is 1. The van der Waals surface area contributed by atoms with Gasteiger partial charge in [-0.3, -0.25) is 19.2 Å². The lowest BCUT2D eigenvalue weighted by atomic mass is 9.97. The molecule has 0 aliphatic heterocycles. The molecular formula is C19H35N5O7S. The molecule has 32 heavy (non-hydrogen) atoms. The molecule has 12 nitrogen and oxygen atoms in total. The number of rotatable bonds is 16. The number of amides is 4. The fraction of sp³-hybridized carbons (Fsp3) is 0.737. The molecule has 0 aliphatic carbocycles. The van der Waals surface area contributed by atoms with Gasteiger partial charge in [0.25, 0.3) is 0 Å². The molecule has 5 atom stereocenters. The van der Waals surface area contributed by atoms with Gasteiger partial charge >= 0.3 is 5.97 Å². The van der Waals surface area contributed by atoms with Gasteiger partial charge in [-0.2, -0.15) is 11.8 Å². The molecule has 0 aromatic heterocycles. The summed E-state index contributed by atoms with van der Waals surface area (Å²) in [5, 5.41) is 25.5. The molecule has 0 bridgehead atoms. The van der Waals surface area contributed by atoms with Crippen molar-refractivity contribution < 1.29 is 34.2 Å². The highest BCUT2D eigenvalue weighted by molar-refractivity contribution is 7.98. The number of aliphatic hydroxyl groups excluding tert-OH is 1. The first-order valence-electron chi connectivity index (χ1n) is 10.3. The Balaban J connectivity index is 5.39. The van der Waals surface area contributed by atoms with Crippen LogP contribution in [-0.4, -0.2) is 82.6 Å². The highest BCUT2D eigenvalue weighted by Gasteiger charge is 2.32. The smallest absolute Gasteiger partial charge is 0.328 e. The Morgan fingerprint density at radius 1 is 0.969 bits per heavy atom. The molecular weight excluding hydrogens is 442 g/mol. The third-order valence-corrected chi connectivity index (χ3v) is 5.52. The van der Waals surface area contributed by atoms with Gasteiger partial charge in [-0.15, -0.1) is 0 Å². The fourth-order valence-electron chi connectivity index (χ4n) is 2.61. The Bertz CT molecular complexity index is 664. The van der Waals surface area contributed by atoms with Gasteiger partial charge in [0.05, 0.1) is 12.6 Å². The molecule has 5 unspecified atom stereocenters. The Morgan fingerprint density at radius 3 is 2.03 bits per heavy atom. The van der Waals surface area contributed by atoms with Gasteiger partial charge in [-0.05, 0) is 30.8 Å². The van der Waals surface area contributed by atoms with E-state index in [9.17, 15) is 24.0 Å². The van der Waals surface area contributed by atoms with Gasteiger partial charge < -0.3 is 37.6 Å². The van der Waals surface area contributed by atoms with E-state index in [1.807, 2.05) is 6.26 Å². The van der Waals surface area contributed by atoms with Crippen LogP contribution in [0.15, 0.2) is 0 Å². The summed E-state index contributed by atoms with van der Waals surface area (Å²) in [5.74, 6) is -3.88. The summed E-state index contributed by atoms with van der Waals surface area (Å²) in [6.45, 7) is 2.69. The van der Waals surface area contributed by atoms with Crippen molar-refractivity contribution >= 4 is 41.4 Å². The van der Waals surface area contributed by atoms with Crippen molar-refractivity contribution in [2.75, 3.05) is 18.6 Å². The average Bonchev–Trinajstić information content (AvgIpc) is 2.75. The van der Waals surface area contributed by atoms with E-state index in [1.165, 1.54) is 11.8 Å². The van der Waals surface area contributed by atoms with Crippen molar-refractivity contribution in [1.29, 1.82) is 0 Å². The topological polar surface area (TPSA) is 214 Å². The van der Waals surface area contributed by atoms with Crippen LogP contribution in [0.2, 0.25) is 0 Å². The third-order valence-electron chi connectivity index (χ3n) is 4.87. The van der Waals surface area contributed by atoms with Crippen LogP contribution in [0.4, 0.5) is 0 Å². The summed E-state index contributed by atoms with van der Waals surface area (Å²) in [7, 11) is 0. The zero-order valence-electron chi connectivity index (χ0n) is 18.6. The van der Waals surface area contributed by atoms with Crippen LogP contribution in [0.5, 0.6) is 0 Å². The Labute approximate surface area is 191 Å². The molecule has 0 saturated carbocycles. The Morgan fingerprint density at radius 2 is 1.56 bits per heavy atom. The maximum atomic E-state index is 12.9. The van der Waals surface area contributed by atoms with Crippen LogP contribution in [0.1, 0.15) is 39.5 Å². The number of aliphatic carboxylic acids is 1. The Kier molecular flexibility index (Phi) is 14.3. The third kappa shape index (κ3) is 10.8. The minimum atomic E-state index is -1.51. The van der Waals surface area contributed by atoms with Crippen LogP contribution in [-0.2, 0) is 24.0 Å². The summed E-state index contributed by atoms with van der Waals surface area (Å²) in [6, 6.07) is -4.64. The van der Waals surface area contributed by atoms with E-state index in [4.69, 9.17) is 21.7 Å². The lowest BCUT2D eigenvalue weighted by molar-refractivity contribution is -0.143. The predicted octanol–water partition coefficient (Wildman–Crippen LogP) is -2.09. The monoisotopic (exact) mass is 477 g/mol. The first-order chi connectivity index (χ1) is 15.0. The number of primary amides is 1. The molecule has 0 aromatic rings. The minimum absolute atomic E-state index is 0.0215. The van der Waals surface area contributed by atoms with Crippen LogP contribution in [0.3, 0.4) is 0 Å². The van der Waals surface area contributed by atoms with E-state index in [2.05, 4.69) is 16.0 Å². The summed E-state index contributed by atoms with van der Waals surface area (Å²) in [4.78, 5) is 59.9. The number of hydrogen-bond donors (Lipinski definition) is 7. The molecule has 0 aromatic carbocycles. The van der Waals surface area contributed by atoms with Gasteiger partial charge in [-0.1, -0.05) is 20.3 Å². The van der Waals surface area contributed by atoms with E-state index in [0.717, 1.165) is 0 Å². The summed E-state index contributed by atoms with van der Waals surface area (Å²) >= 11 is 1.45. The maximum absolute atomic E-state index is 12.9. The maximum Gasteiger partial charge on any atom is 0.328 e. The molecule has 0 rings (SSSR count). The molecule has 9 N–H and O–H groups in total. The number of aliphatic hydroxyl groups is 1. The number of nitrogens with one attached hydrogen (secondary N) is 3. The number of nitrogens with two attached hydrogens (primary N) is 2. The highest BCUT2D eigenvalue weighted by atomic mass is 32.2. The number of carbonyl (C=O) groups excluding carboxylic acids is 4. The normalized spacial score (nSPS) is 15.5. The van der Waals surface area contributed by atoms with Crippen molar-refractivity contribution in [1.82, 2.24) is 16.0 Å². The van der Waals surface area contributed by atoms with E-state index in [1.54, 1.807) is 13.8 Å². The predicted molar refractivity (Wildman–Crippen MR) is 119 cm³/mol. The highest BCUT2D eigenvalue weighted by Crippen LogP contribution is 2.10. The summed E-state index contributed by atoms with van der Waals surface area (Å²) in [6.07, 6.45) is 2.51. The Hall–Kier alpha value is -2.38. The number of carbonyl (C=O) groups is 5. The first-order valence-corrected chi connectivity index (χ1v) is 11.6. The van der Waals surface area contributed by atoms with Crippen molar-refractivity contribution in [3.63, 3.8) is 0 Å². The van der Waals surface area contributed by atoms with Gasteiger partial charge in [0.15, 0.2) is 0 Å². The average molecular weight is 478 g/mol. The molecule has 0 spiro atoms. The molecule has 0 radical (unpaired) electrons. The molecule has 0 heterocycles. The zero-order chi connectivity index (χ0) is 24.8. The largest absolute Gasteiger partial charge is 0.480 e. The van der Waals surface area contributed by atoms with Crippen LogP contribution < -0.4 is 27.4 Å². The number of carboxylic acids is 1. The van der Waals surface area contributed by atoms with Crippen molar-refractivity contribution in [2.24, 2.45) is 17.4 Å². The van der Waals surface area contributed by atoms with Crippen LogP contribution in [0, 0.1) is 5.92 Å². The molecule has 4 amide bonds. The number of hydrogen-bond acceptors (Lipinski definition) is 8. The van der Waals surface area contributed by atoms with Crippen LogP contribution in [0.25, 0.3) is 0 Å². The van der Waals surface area contributed by atoms with Gasteiger partial charge in [0.2, 0.25) is 23.6 Å². The van der Waals surface area contributed by atoms with E-state index in [-0.39, 0.29) is 25.2 Å². The quantitative estimate of drug-likeness (QED) is 0.129. The molecule has 0 saturated heterocycles. The zero-order valence-corrected chi connectivity index (χ0v) is 19.4. The van der Waals surface area contributed by atoms with Gasteiger partial charge in [0.1, 0.15) is 18.1 Å². The van der Waals surface area contributed by atoms with E-state index in [0.29, 0.717) is 12.2 Å². The minimum Gasteiger partial charge on any atom is -0.480 e. The standard InChI is InChI=1S/C19H35N5O7S/c1-4-10(2)15(18(29)23-13(9-25)19(30)31)24-17(28)12(7-8-32-3)22-16(27)11(20)5-6-14(21)26/h10-13,15,25H,4-9,20H2,1-3H3,(H2,21,26)(H,22,27)(H,23,29)(H,24,28)(H,30,31).